The zero-order valence-electron chi connectivity index (χ0n) is 13.4. The number of carbonyl (C=O) groups is 1. The van der Waals surface area contributed by atoms with Crippen LogP contribution in [-0.4, -0.2) is 56.3 Å². The van der Waals surface area contributed by atoms with Crippen molar-refractivity contribution in [3.8, 4) is 0 Å². The highest BCUT2D eigenvalue weighted by atomic mass is 16.2. The molecule has 1 amide bonds. The average molecular weight is 314 g/mol. The van der Waals surface area contributed by atoms with E-state index in [1.54, 1.807) is 0 Å². The third kappa shape index (κ3) is 2.76. The molecule has 0 radical (unpaired) electrons. The summed E-state index contributed by atoms with van der Waals surface area (Å²) in [5.41, 5.74) is 2.21. The van der Waals surface area contributed by atoms with Crippen LogP contribution in [0, 0.1) is 0 Å². The Kier molecular flexibility index (Phi) is 3.65. The summed E-state index contributed by atoms with van der Waals surface area (Å²) in [5.74, 6) is 0.218. The second kappa shape index (κ2) is 5.81. The molecule has 0 unspecified atom stereocenters. The largest absolute Gasteiger partial charge is 0.338 e. The lowest BCUT2D eigenvalue weighted by molar-refractivity contribution is -0.117. The number of imidazole rings is 1. The van der Waals surface area contributed by atoms with E-state index in [9.17, 15) is 4.79 Å². The number of rotatable bonds is 5. The summed E-state index contributed by atoms with van der Waals surface area (Å²) >= 11 is 0. The van der Waals surface area contributed by atoms with E-state index in [1.165, 1.54) is 5.69 Å². The van der Waals surface area contributed by atoms with Crippen LogP contribution in [0.5, 0.6) is 0 Å². The third-order valence-electron chi connectivity index (χ3n) is 4.89. The first-order valence-corrected chi connectivity index (χ1v) is 8.23. The summed E-state index contributed by atoms with van der Waals surface area (Å²) in [4.78, 5) is 20.2. The highest BCUT2D eigenvalue weighted by molar-refractivity contribution is 5.95. The molecule has 7 heteroatoms. The van der Waals surface area contributed by atoms with Gasteiger partial charge >= 0.3 is 0 Å². The fourth-order valence-electron chi connectivity index (χ4n) is 3.38. The Hall–Kier alpha value is -2.15. The number of aryl methyl sites for hydroxylation is 1. The highest BCUT2D eigenvalue weighted by Crippen LogP contribution is 2.25. The molecular formula is C16H22N6O. The molecule has 2 fully saturated rings. The first kappa shape index (κ1) is 14.4. The lowest BCUT2D eigenvalue weighted by Gasteiger charge is -2.39. The van der Waals surface area contributed by atoms with Crippen LogP contribution < -0.4 is 4.90 Å². The average Bonchev–Trinajstić information content (AvgIpc) is 3.19. The molecule has 7 nitrogen and oxygen atoms in total. The summed E-state index contributed by atoms with van der Waals surface area (Å²) in [5, 5.41) is 4.46. The molecule has 2 aromatic heterocycles. The normalized spacial score (nSPS) is 19.5. The number of likely N-dealkylation sites (tertiary alicyclic amines) is 1. The van der Waals surface area contributed by atoms with E-state index in [1.807, 2.05) is 41.5 Å². The van der Waals surface area contributed by atoms with Crippen LogP contribution in [0.1, 0.15) is 24.6 Å². The van der Waals surface area contributed by atoms with Crippen LogP contribution in [0.15, 0.2) is 24.9 Å². The number of nitrogens with zero attached hydrogens (tertiary/aromatic N) is 6. The van der Waals surface area contributed by atoms with E-state index in [2.05, 4.69) is 19.5 Å². The van der Waals surface area contributed by atoms with Crippen molar-refractivity contribution in [3.63, 3.8) is 0 Å². The first-order valence-electron chi connectivity index (χ1n) is 8.23. The predicted molar refractivity (Wildman–Crippen MR) is 86.2 cm³/mol. The van der Waals surface area contributed by atoms with E-state index in [-0.39, 0.29) is 5.91 Å². The zero-order chi connectivity index (χ0) is 15.8. The van der Waals surface area contributed by atoms with Crippen molar-refractivity contribution in [2.75, 3.05) is 31.1 Å². The molecule has 0 N–H and O–H groups in total. The molecule has 23 heavy (non-hydrogen) atoms. The lowest BCUT2D eigenvalue weighted by Crippen LogP contribution is -2.48. The molecule has 2 aliphatic heterocycles. The van der Waals surface area contributed by atoms with E-state index in [0.29, 0.717) is 12.5 Å². The topological polar surface area (TPSA) is 59.2 Å². The number of anilines is 1. The summed E-state index contributed by atoms with van der Waals surface area (Å²) in [7, 11) is 2.03. The molecular weight excluding hydrogens is 292 g/mol. The molecule has 2 saturated heterocycles. The standard InChI is InChI=1S/C16H22N6O/c1-19-12-17-7-13(19)4-6-20-9-15(10-20)22-11-14(8-18-22)21-5-2-3-16(21)23/h7-8,11-12,15H,2-6,9-10H2,1H3. The van der Waals surface area contributed by atoms with Gasteiger partial charge in [-0.25, -0.2) is 4.98 Å². The molecule has 0 spiro atoms. The monoisotopic (exact) mass is 314 g/mol. The van der Waals surface area contributed by atoms with Crippen molar-refractivity contribution < 1.29 is 4.79 Å². The highest BCUT2D eigenvalue weighted by Gasteiger charge is 2.30. The SMILES string of the molecule is Cn1cncc1CCN1CC(n2cc(N3CCCC3=O)cn2)C1. The fraction of sp³-hybridized carbons (Fsp3) is 0.562. The van der Waals surface area contributed by atoms with E-state index in [0.717, 1.165) is 44.7 Å². The van der Waals surface area contributed by atoms with Gasteiger partial charge < -0.3 is 9.47 Å². The van der Waals surface area contributed by atoms with Gasteiger partial charge in [-0.05, 0) is 6.42 Å². The second-order valence-electron chi connectivity index (χ2n) is 6.49. The van der Waals surface area contributed by atoms with E-state index >= 15 is 0 Å². The molecule has 122 valence electrons. The van der Waals surface area contributed by atoms with Crippen LogP contribution >= 0.6 is 0 Å². The molecule has 0 atom stereocenters. The predicted octanol–water partition coefficient (Wildman–Crippen LogP) is 0.843. The third-order valence-corrected chi connectivity index (χ3v) is 4.89. The maximum absolute atomic E-state index is 11.8. The van der Waals surface area contributed by atoms with Gasteiger partial charge in [-0.3, -0.25) is 14.4 Å². The van der Waals surface area contributed by atoms with Crippen molar-refractivity contribution in [2.24, 2.45) is 7.05 Å². The quantitative estimate of drug-likeness (QED) is 0.821. The smallest absolute Gasteiger partial charge is 0.227 e. The Morgan fingerprint density at radius 3 is 2.87 bits per heavy atom. The summed E-state index contributed by atoms with van der Waals surface area (Å²) in [6.07, 6.45) is 10.3. The van der Waals surface area contributed by atoms with Crippen molar-refractivity contribution in [3.05, 3.63) is 30.6 Å². The minimum atomic E-state index is 0.218. The van der Waals surface area contributed by atoms with Crippen molar-refractivity contribution in [1.29, 1.82) is 0 Å². The van der Waals surface area contributed by atoms with Gasteiger partial charge in [0.25, 0.3) is 0 Å². The maximum atomic E-state index is 11.8. The first-order chi connectivity index (χ1) is 11.2. The Morgan fingerprint density at radius 2 is 2.17 bits per heavy atom. The number of carbonyl (C=O) groups excluding carboxylic acids is 1. The van der Waals surface area contributed by atoms with Gasteiger partial charge in [0.15, 0.2) is 0 Å². The van der Waals surface area contributed by atoms with Gasteiger partial charge in [0.2, 0.25) is 5.91 Å². The van der Waals surface area contributed by atoms with Crippen molar-refractivity contribution in [2.45, 2.75) is 25.3 Å². The van der Waals surface area contributed by atoms with Gasteiger partial charge in [0.05, 0.1) is 24.3 Å². The Balaban J connectivity index is 1.29. The molecule has 2 aliphatic rings. The van der Waals surface area contributed by atoms with Crippen LogP contribution in [0.25, 0.3) is 0 Å². The maximum Gasteiger partial charge on any atom is 0.227 e. The van der Waals surface area contributed by atoms with E-state index in [4.69, 9.17) is 0 Å². The van der Waals surface area contributed by atoms with Crippen molar-refractivity contribution >= 4 is 11.6 Å². The minimum Gasteiger partial charge on any atom is -0.338 e. The minimum absolute atomic E-state index is 0.218. The summed E-state index contributed by atoms with van der Waals surface area (Å²) in [6, 6.07) is 0.424. The van der Waals surface area contributed by atoms with Crippen LogP contribution in [0.2, 0.25) is 0 Å². The molecule has 0 aromatic carbocycles. The molecule has 4 rings (SSSR count). The van der Waals surface area contributed by atoms with E-state index < -0.39 is 0 Å². The van der Waals surface area contributed by atoms with Crippen LogP contribution in [-0.2, 0) is 18.3 Å². The zero-order valence-corrected chi connectivity index (χ0v) is 13.4. The van der Waals surface area contributed by atoms with Crippen LogP contribution in [0.3, 0.4) is 0 Å². The van der Waals surface area contributed by atoms with Crippen LogP contribution in [0.4, 0.5) is 5.69 Å². The van der Waals surface area contributed by atoms with Gasteiger partial charge in [-0.2, -0.15) is 5.10 Å². The summed E-state index contributed by atoms with van der Waals surface area (Å²) < 4.78 is 4.09. The number of aromatic nitrogens is 4. The lowest BCUT2D eigenvalue weighted by atomic mass is 10.1. The fourth-order valence-corrected chi connectivity index (χ4v) is 3.38. The van der Waals surface area contributed by atoms with Gasteiger partial charge in [-0.1, -0.05) is 0 Å². The van der Waals surface area contributed by atoms with Gasteiger partial charge in [0, 0.05) is 64.2 Å². The molecule has 0 bridgehead atoms. The second-order valence-corrected chi connectivity index (χ2v) is 6.49. The molecule has 0 saturated carbocycles. The molecule has 4 heterocycles. The number of hydrogen-bond acceptors (Lipinski definition) is 4. The Bertz CT molecular complexity index is 699. The Morgan fingerprint density at radius 1 is 1.30 bits per heavy atom. The summed E-state index contributed by atoms with van der Waals surface area (Å²) in [6.45, 7) is 3.92. The van der Waals surface area contributed by atoms with Gasteiger partial charge in [0.1, 0.15) is 0 Å². The number of hydrogen-bond donors (Lipinski definition) is 0. The Labute approximate surface area is 135 Å². The van der Waals surface area contributed by atoms with Crippen molar-refractivity contribution in [1.82, 2.24) is 24.2 Å². The molecule has 0 aliphatic carbocycles. The van der Waals surface area contributed by atoms with Gasteiger partial charge in [-0.15, -0.1) is 0 Å². The number of amides is 1. The molecule has 2 aromatic rings.